The first kappa shape index (κ1) is 14.7. The van der Waals surface area contributed by atoms with Crippen LogP contribution in [0.5, 0.6) is 0 Å². The number of likely N-dealkylation sites (N-methyl/N-ethyl adjacent to an activating group) is 1. The Balaban J connectivity index is 1.94. The monoisotopic (exact) mass is 297 g/mol. The van der Waals surface area contributed by atoms with Gasteiger partial charge in [-0.05, 0) is 12.8 Å². The first-order valence-electron chi connectivity index (χ1n) is 6.73. The Hall–Kier alpha value is -1.70. The zero-order valence-electron chi connectivity index (χ0n) is 11.8. The highest BCUT2D eigenvalue weighted by Gasteiger charge is 2.25. The second-order valence-electron chi connectivity index (χ2n) is 4.72. The van der Waals surface area contributed by atoms with Gasteiger partial charge in [-0.1, -0.05) is 18.3 Å². The molecule has 2 rings (SSSR count). The van der Waals surface area contributed by atoms with Gasteiger partial charge in [0.1, 0.15) is 0 Å². The SMILES string of the molecule is CCCNC(=O)CN(C)c1nnc(N2CCCC2=O)s1. The van der Waals surface area contributed by atoms with Gasteiger partial charge in [-0.2, -0.15) is 0 Å². The van der Waals surface area contributed by atoms with Crippen molar-refractivity contribution in [1.29, 1.82) is 0 Å². The number of rotatable bonds is 6. The molecule has 110 valence electrons. The van der Waals surface area contributed by atoms with Crippen LogP contribution in [-0.2, 0) is 9.59 Å². The number of carbonyl (C=O) groups is 2. The predicted octanol–water partition coefficient (Wildman–Crippen LogP) is 0.627. The Labute approximate surface area is 122 Å². The summed E-state index contributed by atoms with van der Waals surface area (Å²) in [5.74, 6) is 0.0550. The van der Waals surface area contributed by atoms with Gasteiger partial charge in [-0.15, -0.1) is 10.2 Å². The molecule has 2 amide bonds. The quantitative estimate of drug-likeness (QED) is 0.833. The number of hydrogen-bond donors (Lipinski definition) is 1. The minimum atomic E-state index is -0.0386. The lowest BCUT2D eigenvalue weighted by atomic mass is 10.4. The van der Waals surface area contributed by atoms with Crippen LogP contribution < -0.4 is 15.1 Å². The molecule has 1 aromatic rings. The van der Waals surface area contributed by atoms with Crippen molar-refractivity contribution < 1.29 is 9.59 Å². The van der Waals surface area contributed by atoms with Gasteiger partial charge in [0, 0.05) is 26.6 Å². The minimum absolute atomic E-state index is 0.0386. The average molecular weight is 297 g/mol. The Morgan fingerprint density at radius 2 is 2.30 bits per heavy atom. The van der Waals surface area contributed by atoms with Crippen molar-refractivity contribution >= 4 is 33.4 Å². The number of carbonyl (C=O) groups excluding carboxylic acids is 2. The second kappa shape index (κ2) is 6.65. The third-order valence-corrected chi connectivity index (χ3v) is 4.05. The number of anilines is 2. The van der Waals surface area contributed by atoms with Crippen molar-refractivity contribution in [1.82, 2.24) is 15.5 Å². The summed E-state index contributed by atoms with van der Waals surface area (Å²) in [5, 5.41) is 12.2. The third-order valence-electron chi connectivity index (χ3n) is 2.99. The molecule has 0 radical (unpaired) electrons. The molecule has 7 nitrogen and oxygen atoms in total. The van der Waals surface area contributed by atoms with E-state index < -0.39 is 0 Å². The van der Waals surface area contributed by atoms with E-state index in [2.05, 4.69) is 15.5 Å². The van der Waals surface area contributed by atoms with E-state index in [-0.39, 0.29) is 18.4 Å². The number of aromatic nitrogens is 2. The molecular weight excluding hydrogens is 278 g/mol. The molecule has 20 heavy (non-hydrogen) atoms. The largest absolute Gasteiger partial charge is 0.355 e. The molecule has 1 aliphatic heterocycles. The molecule has 0 aromatic carbocycles. The van der Waals surface area contributed by atoms with Gasteiger partial charge in [0.25, 0.3) is 0 Å². The lowest BCUT2D eigenvalue weighted by Crippen LogP contribution is -2.35. The highest BCUT2D eigenvalue weighted by atomic mass is 32.1. The number of nitrogens with zero attached hydrogens (tertiary/aromatic N) is 4. The first-order chi connectivity index (χ1) is 9.61. The fourth-order valence-electron chi connectivity index (χ4n) is 1.93. The standard InChI is InChI=1S/C12H19N5O2S/c1-3-6-13-9(18)8-16(2)11-14-15-12(20-11)17-7-4-5-10(17)19/h3-8H2,1-2H3,(H,13,18). The van der Waals surface area contributed by atoms with Crippen LogP contribution in [-0.4, -0.2) is 48.7 Å². The van der Waals surface area contributed by atoms with E-state index in [0.717, 1.165) is 12.8 Å². The van der Waals surface area contributed by atoms with Crippen LogP contribution in [0.2, 0.25) is 0 Å². The molecular formula is C12H19N5O2S. The summed E-state index contributed by atoms with van der Waals surface area (Å²) in [7, 11) is 1.79. The lowest BCUT2D eigenvalue weighted by Gasteiger charge is -2.14. The maximum absolute atomic E-state index is 11.6. The molecule has 0 unspecified atom stereocenters. The van der Waals surface area contributed by atoms with Crippen LogP contribution in [0.4, 0.5) is 10.3 Å². The third kappa shape index (κ3) is 3.44. The van der Waals surface area contributed by atoms with Gasteiger partial charge in [-0.3, -0.25) is 14.5 Å². The molecule has 0 aliphatic carbocycles. The molecule has 1 N–H and O–H groups in total. The normalized spacial score (nSPS) is 14.7. The van der Waals surface area contributed by atoms with E-state index in [9.17, 15) is 9.59 Å². The van der Waals surface area contributed by atoms with E-state index in [1.54, 1.807) is 16.8 Å². The zero-order chi connectivity index (χ0) is 14.5. The van der Waals surface area contributed by atoms with Crippen LogP contribution in [0.15, 0.2) is 0 Å². The maximum Gasteiger partial charge on any atom is 0.239 e. The Bertz CT molecular complexity index is 490. The van der Waals surface area contributed by atoms with Crippen molar-refractivity contribution in [2.75, 3.05) is 36.5 Å². The summed E-state index contributed by atoms with van der Waals surface area (Å²) in [6.07, 6.45) is 2.35. The molecule has 1 aromatic heterocycles. The zero-order valence-corrected chi connectivity index (χ0v) is 12.6. The Morgan fingerprint density at radius 1 is 1.50 bits per heavy atom. The fraction of sp³-hybridized carbons (Fsp3) is 0.667. The number of nitrogens with one attached hydrogen (secondary N) is 1. The van der Waals surface area contributed by atoms with Gasteiger partial charge in [0.2, 0.25) is 22.1 Å². The molecule has 1 aliphatic rings. The minimum Gasteiger partial charge on any atom is -0.355 e. The molecule has 2 heterocycles. The maximum atomic E-state index is 11.6. The fourth-order valence-corrected chi connectivity index (χ4v) is 2.78. The Kier molecular flexibility index (Phi) is 4.89. The summed E-state index contributed by atoms with van der Waals surface area (Å²) >= 11 is 1.34. The topological polar surface area (TPSA) is 78.4 Å². The molecule has 0 saturated carbocycles. The molecule has 0 spiro atoms. The van der Waals surface area contributed by atoms with E-state index >= 15 is 0 Å². The molecule has 0 bridgehead atoms. The van der Waals surface area contributed by atoms with Crippen molar-refractivity contribution in [3.63, 3.8) is 0 Å². The number of amides is 2. The number of hydrogen-bond acceptors (Lipinski definition) is 6. The summed E-state index contributed by atoms with van der Waals surface area (Å²) in [6.45, 7) is 3.63. The van der Waals surface area contributed by atoms with Crippen molar-refractivity contribution in [2.45, 2.75) is 26.2 Å². The summed E-state index contributed by atoms with van der Waals surface area (Å²) < 4.78 is 0. The molecule has 1 saturated heterocycles. The Morgan fingerprint density at radius 3 is 2.95 bits per heavy atom. The van der Waals surface area contributed by atoms with E-state index in [1.165, 1.54) is 11.3 Å². The van der Waals surface area contributed by atoms with Crippen molar-refractivity contribution in [3.05, 3.63) is 0 Å². The molecule has 1 fully saturated rings. The van der Waals surface area contributed by atoms with E-state index in [4.69, 9.17) is 0 Å². The van der Waals surface area contributed by atoms with E-state index in [1.807, 2.05) is 6.92 Å². The smallest absolute Gasteiger partial charge is 0.239 e. The van der Waals surface area contributed by atoms with Crippen molar-refractivity contribution in [2.24, 2.45) is 0 Å². The van der Waals surface area contributed by atoms with Gasteiger partial charge < -0.3 is 10.2 Å². The van der Waals surface area contributed by atoms with E-state index in [0.29, 0.717) is 29.8 Å². The van der Waals surface area contributed by atoms with Gasteiger partial charge in [-0.25, -0.2) is 0 Å². The highest BCUT2D eigenvalue weighted by molar-refractivity contribution is 7.19. The predicted molar refractivity (Wildman–Crippen MR) is 78.1 cm³/mol. The van der Waals surface area contributed by atoms with Gasteiger partial charge in [0.05, 0.1) is 6.54 Å². The molecule has 8 heteroatoms. The first-order valence-corrected chi connectivity index (χ1v) is 7.55. The summed E-state index contributed by atoms with van der Waals surface area (Å²) in [6, 6.07) is 0. The molecule has 0 atom stereocenters. The lowest BCUT2D eigenvalue weighted by molar-refractivity contribution is -0.119. The van der Waals surface area contributed by atoms with Crippen LogP contribution in [0, 0.1) is 0 Å². The summed E-state index contributed by atoms with van der Waals surface area (Å²) in [4.78, 5) is 26.7. The van der Waals surface area contributed by atoms with Crippen molar-refractivity contribution in [3.8, 4) is 0 Å². The summed E-state index contributed by atoms with van der Waals surface area (Å²) in [5.41, 5.74) is 0. The highest BCUT2D eigenvalue weighted by Crippen LogP contribution is 2.29. The average Bonchev–Trinajstić information content (AvgIpc) is 3.04. The van der Waals surface area contributed by atoms with Gasteiger partial charge in [0.15, 0.2) is 0 Å². The second-order valence-corrected chi connectivity index (χ2v) is 5.66. The van der Waals surface area contributed by atoms with Gasteiger partial charge >= 0.3 is 0 Å². The van der Waals surface area contributed by atoms with Crippen LogP contribution in [0.25, 0.3) is 0 Å². The van der Waals surface area contributed by atoms with Crippen LogP contribution >= 0.6 is 11.3 Å². The van der Waals surface area contributed by atoms with Crippen LogP contribution in [0.1, 0.15) is 26.2 Å². The van der Waals surface area contributed by atoms with Crippen LogP contribution in [0.3, 0.4) is 0 Å².